The van der Waals surface area contributed by atoms with Gasteiger partial charge in [-0.15, -0.1) is 0 Å². The van der Waals surface area contributed by atoms with Gasteiger partial charge in [0.2, 0.25) is 0 Å². The van der Waals surface area contributed by atoms with Crippen LogP contribution in [0.1, 0.15) is 144 Å². The molecule has 0 amide bonds. The van der Waals surface area contributed by atoms with E-state index in [1.807, 2.05) is 6.08 Å². The first kappa shape index (κ1) is 39.4. The predicted molar refractivity (Wildman–Crippen MR) is 188 cm³/mol. The Morgan fingerprint density at radius 1 is 0.500 bits per heavy atom. The van der Waals surface area contributed by atoms with Crippen LogP contribution in [0.25, 0.3) is 0 Å². The molecule has 42 heavy (non-hydrogen) atoms. The SMILES string of the molecule is CCCCCC=CCC=CCC=CCC=CCCCC(=O)OCC=C(C)CCC=C(C)CCC=C(C)CCC=C(C)C. The summed E-state index contributed by atoms with van der Waals surface area (Å²) in [6, 6.07) is 0. The predicted octanol–water partition coefficient (Wildman–Crippen LogP) is 12.8. The van der Waals surface area contributed by atoms with Gasteiger partial charge in [-0.25, -0.2) is 0 Å². The number of hydrogen-bond donors (Lipinski definition) is 0. The van der Waals surface area contributed by atoms with Crippen molar-refractivity contribution in [3.63, 3.8) is 0 Å². The third-order valence-electron chi connectivity index (χ3n) is 7.04. The molecular formula is C40H64O2. The van der Waals surface area contributed by atoms with E-state index in [2.05, 4.69) is 108 Å². The fraction of sp³-hybridized carbons (Fsp3) is 0.575. The number of hydrogen-bond acceptors (Lipinski definition) is 2. The molecule has 236 valence electrons. The summed E-state index contributed by atoms with van der Waals surface area (Å²) in [4.78, 5) is 12.0. The van der Waals surface area contributed by atoms with Crippen molar-refractivity contribution in [2.24, 2.45) is 0 Å². The molecule has 0 radical (unpaired) electrons. The highest BCUT2D eigenvalue weighted by atomic mass is 16.5. The molecule has 0 saturated carbocycles. The van der Waals surface area contributed by atoms with Crippen LogP contribution in [0.3, 0.4) is 0 Å². The van der Waals surface area contributed by atoms with Gasteiger partial charge in [-0.1, -0.05) is 109 Å². The molecule has 0 fully saturated rings. The number of carbonyl (C=O) groups is 1. The van der Waals surface area contributed by atoms with E-state index in [4.69, 9.17) is 4.74 Å². The number of rotatable bonds is 25. The second kappa shape index (κ2) is 29.9. The second-order valence-electron chi connectivity index (χ2n) is 11.7. The summed E-state index contributed by atoms with van der Waals surface area (Å²) in [5, 5.41) is 0. The van der Waals surface area contributed by atoms with Gasteiger partial charge in [0.1, 0.15) is 6.61 Å². The molecule has 0 aliphatic carbocycles. The summed E-state index contributed by atoms with van der Waals surface area (Å²) in [5.74, 6) is -0.102. The molecule has 2 nitrogen and oxygen atoms in total. The molecule has 0 unspecified atom stereocenters. The lowest BCUT2D eigenvalue weighted by molar-refractivity contribution is -0.142. The first-order valence-corrected chi connectivity index (χ1v) is 16.7. The minimum Gasteiger partial charge on any atom is -0.461 e. The van der Waals surface area contributed by atoms with Crippen LogP contribution in [0.2, 0.25) is 0 Å². The summed E-state index contributed by atoms with van der Waals surface area (Å²) in [7, 11) is 0. The summed E-state index contributed by atoms with van der Waals surface area (Å²) in [6.07, 6.45) is 43.9. The van der Waals surface area contributed by atoms with Crippen LogP contribution in [0, 0.1) is 0 Å². The molecule has 0 spiro atoms. The molecule has 0 aliphatic rings. The minimum atomic E-state index is -0.102. The summed E-state index contributed by atoms with van der Waals surface area (Å²) >= 11 is 0. The molecule has 0 saturated heterocycles. The van der Waals surface area contributed by atoms with E-state index in [1.54, 1.807) is 0 Å². The van der Waals surface area contributed by atoms with Crippen molar-refractivity contribution in [1.29, 1.82) is 0 Å². The Balaban J connectivity index is 3.85. The topological polar surface area (TPSA) is 26.3 Å². The maximum absolute atomic E-state index is 12.0. The van der Waals surface area contributed by atoms with E-state index in [1.165, 1.54) is 48.0 Å². The van der Waals surface area contributed by atoms with Gasteiger partial charge in [0.25, 0.3) is 0 Å². The largest absolute Gasteiger partial charge is 0.461 e. The summed E-state index contributed by atoms with van der Waals surface area (Å²) in [6.45, 7) is 13.5. The van der Waals surface area contributed by atoms with Gasteiger partial charge < -0.3 is 4.74 Å². The maximum atomic E-state index is 12.0. The second-order valence-corrected chi connectivity index (χ2v) is 11.7. The standard InChI is InChI=1S/C40H64O2/c1-7-8-9-10-11-12-13-14-15-16-17-18-19-20-21-22-23-33-40(41)42-35-34-39(6)32-26-31-38(5)30-25-29-37(4)28-24-27-36(2)3/h11-12,14-15,17-18,20-21,27,29,31,34H,7-10,13,16,19,22-26,28,30,32-33,35H2,1-6H3. The zero-order valence-corrected chi connectivity index (χ0v) is 28.3. The molecule has 2 heteroatoms. The fourth-order valence-electron chi connectivity index (χ4n) is 4.26. The van der Waals surface area contributed by atoms with Gasteiger partial charge in [0, 0.05) is 6.42 Å². The number of carbonyl (C=O) groups excluding carboxylic acids is 1. The molecule has 0 aromatic rings. The third-order valence-corrected chi connectivity index (χ3v) is 7.04. The Morgan fingerprint density at radius 3 is 1.45 bits per heavy atom. The Labute approximate surface area is 261 Å². The van der Waals surface area contributed by atoms with E-state index in [0.717, 1.165) is 70.6 Å². The highest BCUT2D eigenvalue weighted by Gasteiger charge is 2.00. The lowest BCUT2D eigenvalue weighted by atomic mass is 10.0. The first-order chi connectivity index (χ1) is 20.3. The quantitative estimate of drug-likeness (QED) is 0.0614. The van der Waals surface area contributed by atoms with Crippen LogP contribution in [0.15, 0.2) is 95.2 Å². The van der Waals surface area contributed by atoms with Crippen LogP contribution in [0.5, 0.6) is 0 Å². The molecule has 0 N–H and O–H groups in total. The number of ether oxygens (including phenoxy) is 1. The average molecular weight is 577 g/mol. The van der Waals surface area contributed by atoms with Gasteiger partial charge in [0.15, 0.2) is 0 Å². The molecule has 0 bridgehead atoms. The van der Waals surface area contributed by atoms with Gasteiger partial charge in [-0.3, -0.25) is 4.79 Å². The molecule has 0 atom stereocenters. The van der Waals surface area contributed by atoms with Crippen molar-refractivity contribution in [3.8, 4) is 0 Å². The molecule has 0 aromatic heterocycles. The summed E-state index contributed by atoms with van der Waals surface area (Å²) < 4.78 is 5.40. The Bertz CT molecular complexity index is 913. The van der Waals surface area contributed by atoms with E-state index >= 15 is 0 Å². The van der Waals surface area contributed by atoms with Crippen molar-refractivity contribution < 1.29 is 9.53 Å². The van der Waals surface area contributed by atoms with Crippen LogP contribution >= 0.6 is 0 Å². The molecular weight excluding hydrogens is 512 g/mol. The van der Waals surface area contributed by atoms with Gasteiger partial charge in [-0.2, -0.15) is 0 Å². The van der Waals surface area contributed by atoms with Crippen molar-refractivity contribution in [3.05, 3.63) is 95.2 Å². The van der Waals surface area contributed by atoms with Gasteiger partial charge in [-0.05, 0) is 124 Å². The lowest BCUT2D eigenvalue weighted by Crippen LogP contribution is -2.04. The van der Waals surface area contributed by atoms with Crippen LogP contribution in [-0.2, 0) is 9.53 Å². The highest BCUT2D eigenvalue weighted by Crippen LogP contribution is 2.13. The maximum Gasteiger partial charge on any atom is 0.306 e. The molecule has 0 aliphatic heterocycles. The van der Waals surface area contributed by atoms with E-state index in [-0.39, 0.29) is 5.97 Å². The Kier molecular flexibility index (Phi) is 28.0. The van der Waals surface area contributed by atoms with Crippen LogP contribution in [-0.4, -0.2) is 12.6 Å². The smallest absolute Gasteiger partial charge is 0.306 e. The van der Waals surface area contributed by atoms with Crippen LogP contribution in [0.4, 0.5) is 0 Å². The Morgan fingerprint density at radius 2 is 0.952 bits per heavy atom. The molecule has 0 heterocycles. The number of unbranched alkanes of at least 4 members (excludes halogenated alkanes) is 4. The zero-order valence-electron chi connectivity index (χ0n) is 28.3. The summed E-state index contributed by atoms with van der Waals surface area (Å²) in [5.41, 5.74) is 5.63. The van der Waals surface area contributed by atoms with Crippen molar-refractivity contribution >= 4 is 5.97 Å². The Hall–Kier alpha value is -2.61. The normalized spacial score (nSPS) is 13.3. The van der Waals surface area contributed by atoms with Crippen LogP contribution < -0.4 is 0 Å². The zero-order chi connectivity index (χ0) is 31.1. The van der Waals surface area contributed by atoms with E-state index < -0.39 is 0 Å². The molecule has 0 aromatic carbocycles. The third kappa shape index (κ3) is 30.4. The minimum absolute atomic E-state index is 0.102. The highest BCUT2D eigenvalue weighted by molar-refractivity contribution is 5.69. The average Bonchev–Trinajstić information content (AvgIpc) is 2.94. The fourth-order valence-corrected chi connectivity index (χ4v) is 4.26. The van der Waals surface area contributed by atoms with Crippen molar-refractivity contribution in [1.82, 2.24) is 0 Å². The number of allylic oxidation sites excluding steroid dienone is 15. The van der Waals surface area contributed by atoms with E-state index in [9.17, 15) is 4.79 Å². The monoisotopic (exact) mass is 576 g/mol. The van der Waals surface area contributed by atoms with E-state index in [0.29, 0.717) is 13.0 Å². The van der Waals surface area contributed by atoms with Gasteiger partial charge in [0.05, 0.1) is 0 Å². The lowest BCUT2D eigenvalue weighted by Gasteiger charge is -2.04. The van der Waals surface area contributed by atoms with Crippen molar-refractivity contribution in [2.45, 2.75) is 144 Å². The molecule has 0 rings (SSSR count). The van der Waals surface area contributed by atoms with Crippen molar-refractivity contribution in [2.75, 3.05) is 6.61 Å². The first-order valence-electron chi connectivity index (χ1n) is 16.7. The number of esters is 1. The van der Waals surface area contributed by atoms with Gasteiger partial charge >= 0.3 is 5.97 Å².